The number of anilines is 1. The van der Waals surface area contributed by atoms with Crippen molar-refractivity contribution in [3.05, 3.63) is 39.6 Å². The Morgan fingerprint density at radius 1 is 1.18 bits per heavy atom. The summed E-state index contributed by atoms with van der Waals surface area (Å²) in [5.74, 6) is 0.167. The number of amides is 1. The smallest absolute Gasteiger partial charge is 0.407 e. The van der Waals surface area contributed by atoms with E-state index in [1.807, 2.05) is 19.9 Å². The number of halogens is 2. The average Bonchev–Trinajstić information content (AvgIpc) is 3.08. The largest absolute Gasteiger partial charge is 0.465 e. The van der Waals surface area contributed by atoms with Crippen LogP contribution in [0.5, 0.6) is 0 Å². The van der Waals surface area contributed by atoms with Gasteiger partial charge in [-0.2, -0.15) is 0 Å². The molecule has 0 bridgehead atoms. The summed E-state index contributed by atoms with van der Waals surface area (Å²) in [5, 5.41) is 13.9. The van der Waals surface area contributed by atoms with Crippen molar-refractivity contribution in [3.63, 3.8) is 0 Å². The molecular weight excluding hydrogens is 467 g/mol. The first-order chi connectivity index (χ1) is 15.7. The summed E-state index contributed by atoms with van der Waals surface area (Å²) < 4.78 is 5.56. The average molecular weight is 495 g/mol. The molecule has 1 fully saturated rings. The summed E-state index contributed by atoms with van der Waals surface area (Å²) in [6.07, 6.45) is -0.295. The zero-order valence-electron chi connectivity index (χ0n) is 19.1. The van der Waals surface area contributed by atoms with E-state index < -0.39 is 24.3 Å². The normalized spacial score (nSPS) is 20.1. The molecule has 0 aliphatic carbocycles. The lowest BCUT2D eigenvalue weighted by molar-refractivity contribution is -0.148. The predicted molar refractivity (Wildman–Crippen MR) is 128 cm³/mol. The molecule has 2 aromatic rings. The summed E-state index contributed by atoms with van der Waals surface area (Å²) in [6.45, 7) is 7.52. The Hall–Kier alpha value is -2.58. The number of carbonyl (C=O) groups is 2. The lowest BCUT2D eigenvalue weighted by Crippen LogP contribution is -2.42. The number of nitrogens with zero attached hydrogens (tertiary/aromatic N) is 3. The zero-order chi connectivity index (χ0) is 24.3. The number of benzene rings is 1. The summed E-state index contributed by atoms with van der Waals surface area (Å²) in [7, 11) is 0. The van der Waals surface area contributed by atoms with E-state index in [2.05, 4.69) is 5.32 Å². The number of rotatable bonds is 7. The summed E-state index contributed by atoms with van der Waals surface area (Å²) >= 11 is 12.5. The molecule has 1 aliphatic rings. The van der Waals surface area contributed by atoms with Gasteiger partial charge in [-0.1, -0.05) is 44.0 Å². The lowest BCUT2D eigenvalue weighted by Gasteiger charge is -2.26. The van der Waals surface area contributed by atoms with E-state index >= 15 is 0 Å². The van der Waals surface area contributed by atoms with E-state index in [-0.39, 0.29) is 18.9 Å². The van der Waals surface area contributed by atoms with E-state index in [1.54, 1.807) is 26.0 Å². The van der Waals surface area contributed by atoms with Crippen molar-refractivity contribution in [3.8, 4) is 11.3 Å². The minimum atomic E-state index is -1.06. The quantitative estimate of drug-likeness (QED) is 0.518. The van der Waals surface area contributed by atoms with Gasteiger partial charge in [0.2, 0.25) is 0 Å². The number of ether oxygens (including phenoxy) is 1. The van der Waals surface area contributed by atoms with Crippen molar-refractivity contribution in [2.24, 2.45) is 0 Å². The number of hydrogen-bond donors (Lipinski definition) is 2. The molecule has 1 aliphatic heterocycles. The van der Waals surface area contributed by atoms with Crippen LogP contribution in [0, 0.1) is 0 Å². The second-order valence-electron chi connectivity index (χ2n) is 7.87. The monoisotopic (exact) mass is 494 g/mol. The molecule has 1 aromatic heterocycles. The third-order valence-corrected chi connectivity index (χ3v) is 6.35. The minimum absolute atomic E-state index is 0.0912. The molecule has 0 radical (unpaired) electrons. The van der Waals surface area contributed by atoms with E-state index in [4.69, 9.17) is 37.9 Å². The Morgan fingerprint density at radius 3 is 2.45 bits per heavy atom. The zero-order valence-corrected chi connectivity index (χ0v) is 20.6. The van der Waals surface area contributed by atoms with Crippen LogP contribution in [0.15, 0.2) is 18.2 Å². The van der Waals surface area contributed by atoms with Gasteiger partial charge in [0.25, 0.3) is 0 Å². The molecule has 1 unspecified atom stereocenters. The van der Waals surface area contributed by atoms with Gasteiger partial charge in [0.05, 0.1) is 40.7 Å². The molecule has 1 aromatic carbocycles. The molecule has 178 valence electrons. The number of esters is 1. The highest BCUT2D eigenvalue weighted by Crippen LogP contribution is 2.33. The topological polar surface area (TPSA) is 105 Å². The SMILES string of the molecule is CCC(=O)O[C@H]1CN(C(=O)O)C(C)[C@H]1Nc1nc(CC)c(-c2ccc(Cl)cc2Cl)nc1CC. The lowest BCUT2D eigenvalue weighted by atomic mass is 10.1. The van der Waals surface area contributed by atoms with Crippen LogP contribution < -0.4 is 5.32 Å². The van der Waals surface area contributed by atoms with Crippen molar-refractivity contribution >= 4 is 41.1 Å². The van der Waals surface area contributed by atoms with E-state index in [0.717, 1.165) is 11.3 Å². The van der Waals surface area contributed by atoms with E-state index in [1.165, 1.54) is 4.90 Å². The van der Waals surface area contributed by atoms with Crippen molar-refractivity contribution in [1.82, 2.24) is 14.9 Å². The fraction of sp³-hybridized carbons (Fsp3) is 0.478. The standard InChI is InChI=1S/C23H28Cl2N4O4/c1-5-16-21(14-9-8-13(24)10-15(14)25)26-17(6-2)22(27-16)28-20-12(4)29(23(31)32)11-18(20)33-19(30)7-3/h8-10,12,18,20H,5-7,11H2,1-4H3,(H,27,28)(H,31,32)/t12?,18-,20+/m0/s1. The molecule has 3 rings (SSSR count). The van der Waals surface area contributed by atoms with Gasteiger partial charge in [-0.3, -0.25) is 9.69 Å². The van der Waals surface area contributed by atoms with Crippen LogP contribution >= 0.6 is 23.2 Å². The van der Waals surface area contributed by atoms with Crippen LogP contribution in [0.25, 0.3) is 11.3 Å². The maximum Gasteiger partial charge on any atom is 0.407 e. The van der Waals surface area contributed by atoms with Gasteiger partial charge in [0.1, 0.15) is 11.9 Å². The maximum atomic E-state index is 12.0. The molecule has 0 spiro atoms. The summed E-state index contributed by atoms with van der Waals surface area (Å²) in [4.78, 5) is 34.6. The molecule has 2 heterocycles. The first kappa shape index (κ1) is 25.1. The number of aromatic nitrogens is 2. The molecule has 1 amide bonds. The molecule has 1 saturated heterocycles. The highest BCUT2D eigenvalue weighted by molar-refractivity contribution is 6.36. The van der Waals surface area contributed by atoms with Gasteiger partial charge in [-0.15, -0.1) is 0 Å². The fourth-order valence-electron chi connectivity index (χ4n) is 3.98. The second-order valence-corrected chi connectivity index (χ2v) is 8.72. The Morgan fingerprint density at radius 2 is 1.88 bits per heavy atom. The number of carbonyl (C=O) groups excluding carboxylic acids is 1. The van der Waals surface area contributed by atoms with Crippen LogP contribution in [0.2, 0.25) is 10.0 Å². The minimum Gasteiger partial charge on any atom is -0.465 e. The predicted octanol–water partition coefficient (Wildman–Crippen LogP) is 5.06. The molecule has 10 heteroatoms. The van der Waals surface area contributed by atoms with Crippen molar-refractivity contribution < 1.29 is 19.4 Å². The number of hydrogen-bond acceptors (Lipinski definition) is 6. The van der Waals surface area contributed by atoms with Crippen molar-refractivity contribution in [2.45, 2.75) is 65.1 Å². The molecule has 8 nitrogen and oxygen atoms in total. The Bertz CT molecular complexity index is 1050. The molecule has 3 atom stereocenters. The Labute approximate surface area is 203 Å². The van der Waals surface area contributed by atoms with Gasteiger partial charge < -0.3 is 15.2 Å². The van der Waals surface area contributed by atoms with Crippen LogP contribution in [0.3, 0.4) is 0 Å². The maximum absolute atomic E-state index is 12.0. The van der Waals surface area contributed by atoms with Crippen LogP contribution in [0.1, 0.15) is 45.5 Å². The summed E-state index contributed by atoms with van der Waals surface area (Å²) in [6, 6.07) is 4.36. The number of nitrogens with one attached hydrogen (secondary N) is 1. The van der Waals surface area contributed by atoms with Crippen LogP contribution in [-0.4, -0.2) is 56.8 Å². The van der Waals surface area contributed by atoms with Gasteiger partial charge in [-0.25, -0.2) is 14.8 Å². The third kappa shape index (κ3) is 5.33. The molecule has 33 heavy (non-hydrogen) atoms. The van der Waals surface area contributed by atoms with Gasteiger partial charge in [0, 0.05) is 17.0 Å². The number of carboxylic acid groups (broad SMARTS) is 1. The van der Waals surface area contributed by atoms with Crippen molar-refractivity contribution in [2.75, 3.05) is 11.9 Å². The number of aryl methyl sites for hydroxylation is 2. The summed E-state index contributed by atoms with van der Waals surface area (Å²) in [5.41, 5.74) is 2.87. The van der Waals surface area contributed by atoms with E-state index in [9.17, 15) is 14.7 Å². The third-order valence-electron chi connectivity index (χ3n) is 5.81. The van der Waals surface area contributed by atoms with Crippen molar-refractivity contribution in [1.29, 1.82) is 0 Å². The molecule has 0 saturated carbocycles. The van der Waals surface area contributed by atoms with E-state index in [0.29, 0.717) is 40.1 Å². The highest BCUT2D eigenvalue weighted by Gasteiger charge is 2.44. The number of likely N-dealkylation sites (tertiary alicyclic amines) is 1. The van der Waals surface area contributed by atoms with Gasteiger partial charge in [-0.05, 0) is 38.0 Å². The molecule has 2 N–H and O–H groups in total. The Balaban J connectivity index is 2.01. The first-order valence-electron chi connectivity index (χ1n) is 11.0. The van der Waals surface area contributed by atoms with Crippen LogP contribution in [0.4, 0.5) is 10.6 Å². The van der Waals surface area contributed by atoms with Gasteiger partial charge >= 0.3 is 12.1 Å². The first-order valence-corrected chi connectivity index (χ1v) is 11.8. The Kier molecular flexibility index (Phi) is 8.02. The van der Waals surface area contributed by atoms with Crippen LogP contribution in [-0.2, 0) is 22.4 Å². The highest BCUT2D eigenvalue weighted by atomic mass is 35.5. The van der Waals surface area contributed by atoms with Gasteiger partial charge in [0.15, 0.2) is 0 Å². The fourth-order valence-corrected chi connectivity index (χ4v) is 4.47. The molecular formula is C23H28Cl2N4O4. The second kappa shape index (κ2) is 10.6.